The van der Waals surface area contributed by atoms with Crippen LogP contribution in [-0.4, -0.2) is 27.6 Å². The van der Waals surface area contributed by atoms with Gasteiger partial charge in [-0.05, 0) is 32.4 Å². The molecule has 5 nitrogen and oxygen atoms in total. The molecule has 14 heavy (non-hydrogen) atoms. The summed E-state index contributed by atoms with van der Waals surface area (Å²) in [6, 6.07) is 0.246. The molecule has 1 N–H and O–H groups in total. The molecule has 0 bridgehead atoms. The van der Waals surface area contributed by atoms with Gasteiger partial charge in [0.1, 0.15) is 0 Å². The van der Waals surface area contributed by atoms with Crippen LogP contribution >= 0.6 is 11.6 Å². The molecule has 0 aromatic carbocycles. The summed E-state index contributed by atoms with van der Waals surface area (Å²) < 4.78 is 5.30. The molecular weight excluding hydrogens is 204 g/mol. The Hall–Kier alpha value is -1.10. The van der Waals surface area contributed by atoms with E-state index in [1.54, 1.807) is 0 Å². The van der Waals surface area contributed by atoms with Crippen molar-refractivity contribution in [3.05, 3.63) is 5.28 Å². The van der Waals surface area contributed by atoms with Gasteiger partial charge in [-0.3, -0.25) is 0 Å². The number of hydrogen-bond donors (Lipinski definition) is 1. The Balaban J connectivity index is 2.83. The first-order valence-electron chi connectivity index (χ1n) is 4.44. The number of anilines is 1. The third-order valence-corrected chi connectivity index (χ3v) is 1.43. The topological polar surface area (TPSA) is 59.9 Å². The molecule has 1 rings (SSSR count). The fraction of sp³-hybridized carbons (Fsp3) is 0.625. The fourth-order valence-corrected chi connectivity index (χ4v) is 0.985. The Morgan fingerprint density at radius 3 is 2.64 bits per heavy atom. The van der Waals surface area contributed by atoms with E-state index in [0.717, 1.165) is 6.54 Å². The lowest BCUT2D eigenvalue weighted by molar-refractivity contribution is 0.222. The number of halogens is 1. The highest BCUT2D eigenvalue weighted by Crippen LogP contribution is 2.12. The zero-order chi connectivity index (χ0) is 10.6. The van der Waals surface area contributed by atoms with Gasteiger partial charge >= 0.3 is 6.01 Å². The quantitative estimate of drug-likeness (QED) is 0.831. The number of hydrogen-bond acceptors (Lipinski definition) is 5. The molecule has 6 heteroatoms. The Labute approximate surface area is 87.9 Å². The molecular formula is C8H13ClN4O. The molecule has 0 saturated heterocycles. The molecule has 0 atom stereocenters. The summed E-state index contributed by atoms with van der Waals surface area (Å²) in [6.45, 7) is 6.46. The van der Waals surface area contributed by atoms with Crippen molar-refractivity contribution in [2.45, 2.75) is 26.9 Å². The van der Waals surface area contributed by atoms with Crippen LogP contribution in [0.3, 0.4) is 0 Å². The van der Waals surface area contributed by atoms with E-state index in [0.29, 0.717) is 5.95 Å². The van der Waals surface area contributed by atoms with Crippen molar-refractivity contribution in [1.82, 2.24) is 15.0 Å². The van der Waals surface area contributed by atoms with Gasteiger partial charge in [0, 0.05) is 6.54 Å². The van der Waals surface area contributed by atoms with Gasteiger partial charge in [0.15, 0.2) is 0 Å². The summed E-state index contributed by atoms with van der Waals surface area (Å²) >= 11 is 5.69. The van der Waals surface area contributed by atoms with Gasteiger partial charge in [0.2, 0.25) is 11.2 Å². The van der Waals surface area contributed by atoms with Crippen molar-refractivity contribution < 1.29 is 4.74 Å². The van der Waals surface area contributed by atoms with Crippen LogP contribution in [0.4, 0.5) is 5.95 Å². The maximum atomic E-state index is 5.69. The summed E-state index contributed by atoms with van der Waals surface area (Å²) in [5.41, 5.74) is 0. The lowest BCUT2D eigenvalue weighted by Gasteiger charge is -2.08. The minimum Gasteiger partial charge on any atom is -0.461 e. The van der Waals surface area contributed by atoms with Gasteiger partial charge in [-0.2, -0.15) is 15.0 Å². The normalized spacial score (nSPS) is 10.4. The van der Waals surface area contributed by atoms with Crippen molar-refractivity contribution in [3.63, 3.8) is 0 Å². The van der Waals surface area contributed by atoms with Crippen LogP contribution in [0, 0.1) is 0 Å². The van der Waals surface area contributed by atoms with E-state index in [1.807, 2.05) is 20.8 Å². The number of ether oxygens (including phenoxy) is 1. The van der Waals surface area contributed by atoms with Crippen molar-refractivity contribution in [2.24, 2.45) is 0 Å². The highest BCUT2D eigenvalue weighted by molar-refractivity contribution is 6.28. The lowest BCUT2D eigenvalue weighted by atomic mass is 10.5. The van der Waals surface area contributed by atoms with Crippen LogP contribution in [-0.2, 0) is 0 Å². The SMILES string of the molecule is CCNc1nc(Cl)nc(OC(C)C)n1. The van der Waals surface area contributed by atoms with Crippen LogP contribution < -0.4 is 10.1 Å². The Morgan fingerprint density at radius 2 is 2.07 bits per heavy atom. The molecule has 0 amide bonds. The number of aromatic nitrogens is 3. The second kappa shape index (κ2) is 4.95. The van der Waals surface area contributed by atoms with E-state index in [2.05, 4.69) is 20.3 Å². The minimum absolute atomic E-state index is 0.0166. The van der Waals surface area contributed by atoms with Gasteiger partial charge in [0.25, 0.3) is 0 Å². The third kappa shape index (κ3) is 3.33. The first kappa shape index (κ1) is 11.0. The van der Waals surface area contributed by atoms with Gasteiger partial charge < -0.3 is 10.1 Å². The largest absolute Gasteiger partial charge is 0.461 e. The van der Waals surface area contributed by atoms with Crippen LogP contribution in [0.1, 0.15) is 20.8 Å². The van der Waals surface area contributed by atoms with E-state index in [4.69, 9.17) is 16.3 Å². The Kier molecular flexibility index (Phi) is 3.88. The van der Waals surface area contributed by atoms with E-state index < -0.39 is 0 Å². The smallest absolute Gasteiger partial charge is 0.322 e. The van der Waals surface area contributed by atoms with Gasteiger partial charge in [-0.1, -0.05) is 0 Å². The zero-order valence-electron chi connectivity index (χ0n) is 8.41. The highest BCUT2D eigenvalue weighted by atomic mass is 35.5. The van der Waals surface area contributed by atoms with Crippen molar-refractivity contribution in [2.75, 3.05) is 11.9 Å². The van der Waals surface area contributed by atoms with Crippen LogP contribution in [0.25, 0.3) is 0 Å². The summed E-state index contributed by atoms with van der Waals surface area (Å²) in [5.74, 6) is 0.433. The zero-order valence-corrected chi connectivity index (χ0v) is 9.17. The highest BCUT2D eigenvalue weighted by Gasteiger charge is 2.06. The fourth-order valence-electron chi connectivity index (χ4n) is 0.833. The van der Waals surface area contributed by atoms with Crippen molar-refractivity contribution in [1.29, 1.82) is 0 Å². The maximum Gasteiger partial charge on any atom is 0.322 e. The molecule has 0 unspecified atom stereocenters. The Morgan fingerprint density at radius 1 is 1.36 bits per heavy atom. The first-order valence-corrected chi connectivity index (χ1v) is 4.81. The standard InChI is InChI=1S/C8H13ClN4O/c1-4-10-7-11-6(9)12-8(13-7)14-5(2)3/h5H,4H2,1-3H3,(H,10,11,12,13). The summed E-state index contributed by atoms with van der Waals surface area (Å²) in [5, 5.41) is 3.07. The second-order valence-electron chi connectivity index (χ2n) is 2.91. The summed E-state index contributed by atoms with van der Waals surface area (Å²) in [4.78, 5) is 11.7. The molecule has 0 aliphatic carbocycles. The second-order valence-corrected chi connectivity index (χ2v) is 3.25. The molecule has 0 saturated carbocycles. The average Bonchev–Trinajstić information content (AvgIpc) is 2.01. The van der Waals surface area contributed by atoms with Crippen LogP contribution in [0.15, 0.2) is 0 Å². The predicted octanol–water partition coefficient (Wildman–Crippen LogP) is 1.74. The van der Waals surface area contributed by atoms with Crippen molar-refractivity contribution in [3.8, 4) is 6.01 Å². The van der Waals surface area contributed by atoms with Crippen LogP contribution in [0.5, 0.6) is 6.01 Å². The van der Waals surface area contributed by atoms with E-state index >= 15 is 0 Å². The van der Waals surface area contributed by atoms with Crippen LogP contribution in [0.2, 0.25) is 5.28 Å². The maximum absolute atomic E-state index is 5.69. The number of nitrogens with one attached hydrogen (secondary N) is 1. The van der Waals surface area contributed by atoms with Gasteiger partial charge in [-0.15, -0.1) is 0 Å². The molecule has 0 aliphatic heterocycles. The molecule has 1 heterocycles. The molecule has 78 valence electrons. The van der Waals surface area contributed by atoms with Gasteiger partial charge in [0.05, 0.1) is 6.10 Å². The third-order valence-electron chi connectivity index (χ3n) is 1.26. The summed E-state index contributed by atoms with van der Waals surface area (Å²) in [6.07, 6.45) is 0.0166. The van der Waals surface area contributed by atoms with E-state index in [-0.39, 0.29) is 17.4 Å². The molecule has 0 radical (unpaired) electrons. The monoisotopic (exact) mass is 216 g/mol. The first-order chi connectivity index (χ1) is 6.61. The molecule has 1 aromatic rings. The molecule has 1 aromatic heterocycles. The van der Waals surface area contributed by atoms with E-state index in [1.165, 1.54) is 0 Å². The van der Waals surface area contributed by atoms with Crippen molar-refractivity contribution >= 4 is 17.5 Å². The lowest BCUT2D eigenvalue weighted by Crippen LogP contribution is -2.11. The predicted molar refractivity (Wildman–Crippen MR) is 54.8 cm³/mol. The number of rotatable bonds is 4. The average molecular weight is 217 g/mol. The van der Waals surface area contributed by atoms with Gasteiger partial charge in [-0.25, -0.2) is 0 Å². The Bertz CT molecular complexity index is 305. The molecule has 0 aliphatic rings. The number of nitrogens with zero attached hydrogens (tertiary/aromatic N) is 3. The summed E-state index contributed by atoms with van der Waals surface area (Å²) in [7, 11) is 0. The molecule has 0 spiro atoms. The molecule has 0 fully saturated rings. The van der Waals surface area contributed by atoms with E-state index in [9.17, 15) is 0 Å². The minimum atomic E-state index is 0.0166.